The van der Waals surface area contributed by atoms with E-state index in [1.807, 2.05) is 6.07 Å². The van der Waals surface area contributed by atoms with Crippen molar-refractivity contribution in [3.8, 4) is 17.2 Å². The van der Waals surface area contributed by atoms with Gasteiger partial charge in [-0.3, -0.25) is 0 Å². The molecule has 2 rings (SSSR count). The number of halogens is 3. The van der Waals surface area contributed by atoms with Crippen LogP contribution in [0.15, 0.2) is 48.5 Å². The lowest BCUT2D eigenvalue weighted by Gasteiger charge is -2.13. The van der Waals surface area contributed by atoms with Crippen LogP contribution < -0.4 is 0 Å². The van der Waals surface area contributed by atoms with Crippen molar-refractivity contribution in [2.45, 2.75) is 6.18 Å². The topological polar surface area (TPSA) is 23.8 Å². The molecule has 0 saturated heterocycles. The molecule has 2 aromatic carbocycles. The van der Waals surface area contributed by atoms with Crippen molar-refractivity contribution in [2.75, 3.05) is 0 Å². The van der Waals surface area contributed by atoms with Crippen LogP contribution in [0, 0.1) is 11.3 Å². The van der Waals surface area contributed by atoms with Crippen LogP contribution in [0.2, 0.25) is 0 Å². The van der Waals surface area contributed by atoms with Crippen LogP contribution >= 0.6 is 0 Å². The van der Waals surface area contributed by atoms with E-state index in [4.69, 9.17) is 5.26 Å². The molecule has 0 atom stereocenters. The number of nitriles is 1. The first-order chi connectivity index (χ1) is 8.52. The first-order valence-corrected chi connectivity index (χ1v) is 5.19. The lowest BCUT2D eigenvalue weighted by atomic mass is 9.97. The van der Waals surface area contributed by atoms with Gasteiger partial charge in [-0.15, -0.1) is 0 Å². The van der Waals surface area contributed by atoms with Gasteiger partial charge < -0.3 is 0 Å². The first-order valence-electron chi connectivity index (χ1n) is 5.19. The third-order valence-electron chi connectivity index (χ3n) is 2.54. The zero-order chi connectivity index (χ0) is 13.2. The lowest BCUT2D eigenvalue weighted by Crippen LogP contribution is -2.07. The summed E-state index contributed by atoms with van der Waals surface area (Å²) in [6.07, 6.45) is -4.43. The molecule has 0 saturated carbocycles. The molecule has 0 fully saturated rings. The minimum atomic E-state index is -4.43. The Bertz CT molecular complexity index is 595. The number of hydrogen-bond acceptors (Lipinski definition) is 1. The summed E-state index contributed by atoms with van der Waals surface area (Å²) in [7, 11) is 0. The van der Waals surface area contributed by atoms with Crippen molar-refractivity contribution in [3.05, 3.63) is 59.7 Å². The molecular weight excluding hydrogens is 239 g/mol. The highest BCUT2D eigenvalue weighted by atomic mass is 19.4. The summed E-state index contributed by atoms with van der Waals surface area (Å²) in [4.78, 5) is 0. The average molecular weight is 247 g/mol. The van der Waals surface area contributed by atoms with Crippen molar-refractivity contribution in [3.63, 3.8) is 0 Å². The molecule has 0 amide bonds. The summed E-state index contributed by atoms with van der Waals surface area (Å²) >= 11 is 0. The number of benzene rings is 2. The molecule has 0 unspecified atom stereocenters. The summed E-state index contributed by atoms with van der Waals surface area (Å²) < 4.78 is 38.7. The highest BCUT2D eigenvalue weighted by Gasteiger charge is 2.33. The monoisotopic (exact) mass is 247 g/mol. The smallest absolute Gasteiger partial charge is 0.192 e. The molecule has 90 valence electrons. The first kappa shape index (κ1) is 12.2. The standard InChI is InChI=1S/C14H8F3N/c15-14(16,17)13-7-6-10(9-18)8-12(13)11-4-2-1-3-5-11/h1-8H. The maximum Gasteiger partial charge on any atom is 0.417 e. The Labute approximate surface area is 102 Å². The predicted octanol–water partition coefficient (Wildman–Crippen LogP) is 4.24. The van der Waals surface area contributed by atoms with Gasteiger partial charge in [0.1, 0.15) is 0 Å². The fourth-order valence-corrected chi connectivity index (χ4v) is 1.72. The van der Waals surface area contributed by atoms with Gasteiger partial charge in [0, 0.05) is 0 Å². The van der Waals surface area contributed by atoms with E-state index in [0.29, 0.717) is 5.56 Å². The van der Waals surface area contributed by atoms with Gasteiger partial charge >= 0.3 is 6.18 Å². The molecule has 1 nitrogen and oxygen atoms in total. The Balaban J connectivity index is 2.67. The van der Waals surface area contributed by atoms with E-state index in [9.17, 15) is 13.2 Å². The molecule has 18 heavy (non-hydrogen) atoms. The molecular formula is C14H8F3N. The van der Waals surface area contributed by atoms with Crippen LogP contribution in [0.4, 0.5) is 13.2 Å². The largest absolute Gasteiger partial charge is 0.417 e. The number of nitrogens with zero attached hydrogens (tertiary/aromatic N) is 1. The van der Waals surface area contributed by atoms with Crippen molar-refractivity contribution in [1.82, 2.24) is 0 Å². The Morgan fingerprint density at radius 3 is 2.17 bits per heavy atom. The summed E-state index contributed by atoms with van der Waals surface area (Å²) in [5.74, 6) is 0. The van der Waals surface area contributed by atoms with Gasteiger partial charge in [-0.25, -0.2) is 0 Å². The van der Waals surface area contributed by atoms with Gasteiger partial charge in [0.05, 0.1) is 17.2 Å². The van der Waals surface area contributed by atoms with E-state index in [2.05, 4.69) is 0 Å². The molecule has 0 aromatic heterocycles. The van der Waals surface area contributed by atoms with Gasteiger partial charge in [0.25, 0.3) is 0 Å². The Morgan fingerprint density at radius 2 is 1.61 bits per heavy atom. The number of hydrogen-bond donors (Lipinski definition) is 0. The zero-order valence-corrected chi connectivity index (χ0v) is 9.20. The normalized spacial score (nSPS) is 11.0. The fourth-order valence-electron chi connectivity index (χ4n) is 1.72. The molecule has 0 spiro atoms. The summed E-state index contributed by atoms with van der Waals surface area (Å²) in [6, 6.07) is 13.5. The van der Waals surface area contributed by atoms with E-state index in [-0.39, 0.29) is 11.1 Å². The molecule has 0 N–H and O–H groups in total. The molecule has 0 heterocycles. The molecule has 4 heteroatoms. The second-order valence-electron chi connectivity index (χ2n) is 3.74. The lowest BCUT2D eigenvalue weighted by molar-refractivity contribution is -0.137. The van der Waals surface area contributed by atoms with E-state index in [0.717, 1.165) is 6.07 Å². The van der Waals surface area contributed by atoms with Crippen molar-refractivity contribution >= 4 is 0 Å². The van der Waals surface area contributed by atoms with Gasteiger partial charge in [-0.2, -0.15) is 18.4 Å². The highest BCUT2D eigenvalue weighted by molar-refractivity contribution is 5.69. The van der Waals surface area contributed by atoms with Gasteiger partial charge in [-0.1, -0.05) is 30.3 Å². The van der Waals surface area contributed by atoms with Crippen LogP contribution in [0.3, 0.4) is 0 Å². The number of alkyl halides is 3. The Kier molecular flexibility index (Phi) is 3.07. The van der Waals surface area contributed by atoms with Crippen molar-refractivity contribution in [2.24, 2.45) is 0 Å². The van der Waals surface area contributed by atoms with Crippen LogP contribution in [0.25, 0.3) is 11.1 Å². The van der Waals surface area contributed by atoms with E-state index >= 15 is 0 Å². The molecule has 0 aliphatic carbocycles. The maximum absolute atomic E-state index is 12.9. The van der Waals surface area contributed by atoms with Gasteiger partial charge in [0.2, 0.25) is 0 Å². The summed E-state index contributed by atoms with van der Waals surface area (Å²) in [5, 5.41) is 8.77. The molecule has 2 aromatic rings. The van der Waals surface area contributed by atoms with E-state index in [1.54, 1.807) is 30.3 Å². The summed E-state index contributed by atoms with van der Waals surface area (Å²) in [5.41, 5.74) is -0.0429. The van der Waals surface area contributed by atoms with Crippen molar-refractivity contribution < 1.29 is 13.2 Å². The molecule has 0 aliphatic rings. The van der Waals surface area contributed by atoms with E-state index < -0.39 is 11.7 Å². The fraction of sp³-hybridized carbons (Fsp3) is 0.0714. The second-order valence-corrected chi connectivity index (χ2v) is 3.74. The quantitative estimate of drug-likeness (QED) is 0.739. The summed E-state index contributed by atoms with van der Waals surface area (Å²) in [6.45, 7) is 0. The zero-order valence-electron chi connectivity index (χ0n) is 9.20. The van der Waals surface area contributed by atoms with Crippen LogP contribution in [-0.4, -0.2) is 0 Å². The second kappa shape index (κ2) is 4.53. The van der Waals surface area contributed by atoms with Crippen LogP contribution in [0.5, 0.6) is 0 Å². The third kappa shape index (κ3) is 2.35. The van der Waals surface area contributed by atoms with Gasteiger partial charge in [-0.05, 0) is 29.3 Å². The maximum atomic E-state index is 12.9. The molecule has 0 radical (unpaired) electrons. The molecule has 0 bridgehead atoms. The van der Waals surface area contributed by atoms with Crippen LogP contribution in [-0.2, 0) is 6.18 Å². The third-order valence-corrected chi connectivity index (χ3v) is 2.54. The Morgan fingerprint density at radius 1 is 0.944 bits per heavy atom. The minimum absolute atomic E-state index is 0.0298. The SMILES string of the molecule is N#Cc1ccc(C(F)(F)F)c(-c2ccccc2)c1. The van der Waals surface area contributed by atoms with Crippen LogP contribution in [0.1, 0.15) is 11.1 Å². The van der Waals surface area contributed by atoms with E-state index in [1.165, 1.54) is 12.1 Å². The molecule has 0 aliphatic heterocycles. The minimum Gasteiger partial charge on any atom is -0.192 e. The highest BCUT2D eigenvalue weighted by Crippen LogP contribution is 2.37. The predicted molar refractivity (Wildman–Crippen MR) is 61.6 cm³/mol. The van der Waals surface area contributed by atoms with Gasteiger partial charge in [0.15, 0.2) is 0 Å². The number of rotatable bonds is 1. The average Bonchev–Trinajstić information content (AvgIpc) is 2.38. The Hall–Kier alpha value is -2.28. The van der Waals surface area contributed by atoms with Crippen molar-refractivity contribution in [1.29, 1.82) is 5.26 Å².